The van der Waals surface area contributed by atoms with Gasteiger partial charge in [-0.05, 0) is 54.1 Å². The van der Waals surface area contributed by atoms with Crippen LogP contribution in [0.5, 0.6) is 11.5 Å². The lowest BCUT2D eigenvalue weighted by Gasteiger charge is -2.11. The van der Waals surface area contributed by atoms with Crippen molar-refractivity contribution in [1.29, 1.82) is 0 Å². The van der Waals surface area contributed by atoms with E-state index in [1.54, 1.807) is 20.4 Å². The van der Waals surface area contributed by atoms with Crippen LogP contribution in [0.1, 0.15) is 5.56 Å². The van der Waals surface area contributed by atoms with Crippen molar-refractivity contribution in [2.24, 2.45) is 5.10 Å². The molecule has 1 amide bonds. The van der Waals surface area contributed by atoms with E-state index in [1.165, 1.54) is 11.8 Å². The van der Waals surface area contributed by atoms with Crippen molar-refractivity contribution >= 4 is 23.9 Å². The van der Waals surface area contributed by atoms with Crippen molar-refractivity contribution in [3.05, 3.63) is 84.4 Å². The van der Waals surface area contributed by atoms with Gasteiger partial charge < -0.3 is 9.47 Å². The number of ether oxygens (including phenoxy) is 2. The third-order valence-electron chi connectivity index (χ3n) is 4.85. The summed E-state index contributed by atoms with van der Waals surface area (Å²) >= 11 is 1.28. The molecule has 4 rings (SSSR count). The van der Waals surface area contributed by atoms with Crippen molar-refractivity contribution in [2.75, 3.05) is 20.0 Å². The number of hydrazone groups is 1. The second kappa shape index (κ2) is 11.2. The zero-order chi connectivity index (χ0) is 23.8. The van der Waals surface area contributed by atoms with Gasteiger partial charge in [0.2, 0.25) is 0 Å². The van der Waals surface area contributed by atoms with E-state index in [1.807, 2.05) is 83.4 Å². The molecule has 172 valence electrons. The molecule has 0 aliphatic carbocycles. The maximum atomic E-state index is 12.4. The highest BCUT2D eigenvalue weighted by atomic mass is 32.2. The average molecular weight is 474 g/mol. The molecule has 8 nitrogen and oxygen atoms in total. The van der Waals surface area contributed by atoms with Gasteiger partial charge in [-0.15, -0.1) is 10.2 Å². The van der Waals surface area contributed by atoms with E-state index >= 15 is 0 Å². The molecule has 0 unspecified atom stereocenters. The summed E-state index contributed by atoms with van der Waals surface area (Å²) < 4.78 is 12.3. The predicted octanol–water partition coefficient (Wildman–Crippen LogP) is 4.19. The molecule has 0 fully saturated rings. The number of carbonyl (C=O) groups is 1. The number of hydrogen-bond acceptors (Lipinski definition) is 7. The van der Waals surface area contributed by atoms with Gasteiger partial charge in [0.25, 0.3) is 5.91 Å². The Balaban J connectivity index is 1.48. The third kappa shape index (κ3) is 5.62. The zero-order valence-corrected chi connectivity index (χ0v) is 19.5. The Kier molecular flexibility index (Phi) is 7.56. The van der Waals surface area contributed by atoms with Crippen LogP contribution in [-0.2, 0) is 4.79 Å². The first kappa shape index (κ1) is 23.1. The van der Waals surface area contributed by atoms with Gasteiger partial charge in [-0.2, -0.15) is 5.10 Å². The number of rotatable bonds is 9. The van der Waals surface area contributed by atoms with Gasteiger partial charge in [-0.25, -0.2) is 5.43 Å². The normalized spacial score (nSPS) is 10.9. The summed E-state index contributed by atoms with van der Waals surface area (Å²) in [5.41, 5.74) is 5.18. The Morgan fingerprint density at radius 2 is 1.59 bits per heavy atom. The first-order valence-corrected chi connectivity index (χ1v) is 11.4. The molecule has 0 saturated heterocycles. The van der Waals surface area contributed by atoms with Crippen LogP contribution in [0.25, 0.3) is 17.1 Å². The minimum Gasteiger partial charge on any atom is -0.497 e. The number of amides is 1. The molecule has 0 aliphatic heterocycles. The van der Waals surface area contributed by atoms with Crippen LogP contribution in [0.4, 0.5) is 0 Å². The van der Waals surface area contributed by atoms with Crippen LogP contribution >= 0.6 is 11.8 Å². The van der Waals surface area contributed by atoms with Crippen molar-refractivity contribution in [3.63, 3.8) is 0 Å². The van der Waals surface area contributed by atoms with Crippen molar-refractivity contribution in [3.8, 4) is 28.6 Å². The lowest BCUT2D eigenvalue weighted by atomic mass is 10.2. The summed E-state index contributed by atoms with van der Waals surface area (Å²) in [7, 11) is 3.24. The molecular weight excluding hydrogens is 450 g/mol. The summed E-state index contributed by atoms with van der Waals surface area (Å²) in [6.07, 6.45) is 1.58. The van der Waals surface area contributed by atoms with Gasteiger partial charge in [0.15, 0.2) is 11.0 Å². The van der Waals surface area contributed by atoms with E-state index in [9.17, 15) is 4.79 Å². The molecule has 0 spiro atoms. The smallest absolute Gasteiger partial charge is 0.250 e. The van der Waals surface area contributed by atoms with Crippen molar-refractivity contribution < 1.29 is 14.3 Å². The quantitative estimate of drug-likeness (QED) is 0.223. The molecule has 1 aromatic heterocycles. The number of nitrogens with zero attached hydrogens (tertiary/aromatic N) is 4. The highest BCUT2D eigenvalue weighted by Gasteiger charge is 2.17. The Bertz CT molecular complexity index is 1260. The molecule has 34 heavy (non-hydrogen) atoms. The summed E-state index contributed by atoms with van der Waals surface area (Å²) in [5.74, 6) is 2.07. The number of hydrogen-bond donors (Lipinski definition) is 1. The van der Waals surface area contributed by atoms with Gasteiger partial charge in [-0.1, -0.05) is 42.1 Å². The Labute approximate surface area is 201 Å². The second-order valence-corrected chi connectivity index (χ2v) is 8.00. The van der Waals surface area contributed by atoms with Gasteiger partial charge in [0.05, 0.1) is 26.2 Å². The Morgan fingerprint density at radius 1 is 0.941 bits per heavy atom. The van der Waals surface area contributed by atoms with Crippen LogP contribution in [0, 0.1) is 0 Å². The molecular formula is C25H23N5O3S. The van der Waals surface area contributed by atoms with Crippen LogP contribution < -0.4 is 14.9 Å². The molecule has 0 radical (unpaired) electrons. The predicted molar refractivity (Wildman–Crippen MR) is 133 cm³/mol. The van der Waals surface area contributed by atoms with Gasteiger partial charge in [0, 0.05) is 11.3 Å². The maximum absolute atomic E-state index is 12.4. The summed E-state index contributed by atoms with van der Waals surface area (Å²) in [5, 5.41) is 13.4. The highest BCUT2D eigenvalue weighted by molar-refractivity contribution is 7.99. The van der Waals surface area contributed by atoms with Crippen molar-refractivity contribution in [1.82, 2.24) is 20.2 Å². The minimum absolute atomic E-state index is 0.128. The van der Waals surface area contributed by atoms with Crippen LogP contribution in [0.3, 0.4) is 0 Å². The summed E-state index contributed by atoms with van der Waals surface area (Å²) in [6.45, 7) is 0. The lowest BCUT2D eigenvalue weighted by Crippen LogP contribution is -2.20. The number of methoxy groups -OCH3 is 2. The number of thioether (sulfide) groups is 1. The van der Waals surface area contributed by atoms with E-state index in [4.69, 9.17) is 9.47 Å². The van der Waals surface area contributed by atoms with E-state index < -0.39 is 0 Å². The van der Waals surface area contributed by atoms with Crippen LogP contribution in [0.2, 0.25) is 0 Å². The van der Waals surface area contributed by atoms with Crippen molar-refractivity contribution in [2.45, 2.75) is 5.16 Å². The van der Waals surface area contributed by atoms with Crippen LogP contribution in [-0.4, -0.2) is 46.9 Å². The molecule has 0 saturated carbocycles. The number of benzene rings is 3. The zero-order valence-electron chi connectivity index (χ0n) is 18.7. The minimum atomic E-state index is -0.250. The van der Waals surface area contributed by atoms with E-state index in [0.717, 1.165) is 28.3 Å². The van der Waals surface area contributed by atoms with Gasteiger partial charge >= 0.3 is 0 Å². The van der Waals surface area contributed by atoms with Gasteiger partial charge in [0.1, 0.15) is 11.5 Å². The number of aromatic nitrogens is 3. The first-order valence-electron chi connectivity index (χ1n) is 10.4. The van der Waals surface area contributed by atoms with E-state index in [0.29, 0.717) is 11.0 Å². The number of carbonyl (C=O) groups excluding carboxylic acids is 1. The summed E-state index contributed by atoms with van der Waals surface area (Å²) in [6, 6.07) is 24.8. The maximum Gasteiger partial charge on any atom is 0.250 e. The fraction of sp³-hybridized carbons (Fsp3) is 0.120. The molecule has 1 N–H and O–H groups in total. The van der Waals surface area contributed by atoms with Gasteiger partial charge in [-0.3, -0.25) is 9.36 Å². The molecule has 9 heteroatoms. The molecule has 4 aromatic rings. The molecule has 0 bridgehead atoms. The van der Waals surface area contributed by atoms with Crippen LogP contribution in [0.15, 0.2) is 89.1 Å². The topological polar surface area (TPSA) is 90.6 Å². The SMILES string of the molecule is COc1ccc(C=NNC(=O)CSc2nnc(-c3ccccc3)n2-c2ccc(OC)cc2)cc1. The monoisotopic (exact) mass is 473 g/mol. The fourth-order valence-corrected chi connectivity index (χ4v) is 3.88. The first-order chi connectivity index (χ1) is 16.7. The van der Waals surface area contributed by atoms with E-state index in [-0.39, 0.29) is 11.7 Å². The second-order valence-electron chi connectivity index (χ2n) is 7.06. The average Bonchev–Trinajstić information content (AvgIpc) is 3.32. The highest BCUT2D eigenvalue weighted by Crippen LogP contribution is 2.28. The summed E-state index contributed by atoms with van der Waals surface area (Å²) in [4.78, 5) is 12.4. The molecule has 3 aromatic carbocycles. The molecule has 0 atom stereocenters. The lowest BCUT2D eigenvalue weighted by molar-refractivity contribution is -0.118. The third-order valence-corrected chi connectivity index (χ3v) is 5.78. The standard InChI is InChI=1S/C25H23N5O3S/c1-32-21-12-8-18(9-13-21)16-26-27-23(31)17-34-25-29-28-24(19-6-4-3-5-7-19)30(25)20-10-14-22(33-2)15-11-20/h3-16H,17H2,1-2H3,(H,27,31). The van der Waals surface area contributed by atoms with E-state index in [2.05, 4.69) is 20.7 Å². The number of nitrogens with one attached hydrogen (secondary N) is 1. The largest absolute Gasteiger partial charge is 0.497 e. The fourth-order valence-electron chi connectivity index (χ4n) is 3.13. The molecule has 1 heterocycles. The Hall–Kier alpha value is -4.11. The Morgan fingerprint density at radius 3 is 2.24 bits per heavy atom. The molecule has 0 aliphatic rings.